The van der Waals surface area contributed by atoms with Crippen molar-refractivity contribution in [3.8, 4) is 5.69 Å². The van der Waals surface area contributed by atoms with E-state index in [2.05, 4.69) is 10.3 Å². The molecule has 2 aromatic carbocycles. The van der Waals surface area contributed by atoms with E-state index >= 15 is 0 Å². The van der Waals surface area contributed by atoms with Crippen molar-refractivity contribution >= 4 is 57.3 Å². The molecule has 0 saturated carbocycles. The Morgan fingerprint density at radius 2 is 1.94 bits per heavy atom. The lowest BCUT2D eigenvalue weighted by molar-refractivity contribution is -0.119. The molecule has 4 aromatic rings. The Kier molecular flexibility index (Phi) is 6.74. The topological polar surface area (TPSA) is 81.1 Å². The minimum atomic E-state index is -0.221. The van der Waals surface area contributed by atoms with E-state index in [1.165, 1.54) is 34.6 Å². The van der Waals surface area contributed by atoms with Gasteiger partial charge in [-0.2, -0.15) is 0 Å². The molecule has 0 spiro atoms. The second-order valence-corrected chi connectivity index (χ2v) is 9.47. The van der Waals surface area contributed by atoms with Crippen molar-refractivity contribution in [2.75, 3.05) is 5.75 Å². The van der Waals surface area contributed by atoms with E-state index in [1.807, 2.05) is 12.1 Å². The number of benzene rings is 2. The normalized spacial score (nSPS) is 10.9. The number of ketones is 1. The second kappa shape index (κ2) is 9.68. The number of rotatable bonds is 7. The highest BCUT2D eigenvalue weighted by Crippen LogP contribution is 2.25. The lowest BCUT2D eigenvalue weighted by Crippen LogP contribution is -2.22. The zero-order valence-corrected chi connectivity index (χ0v) is 19.4. The first-order chi connectivity index (χ1) is 15.4. The third kappa shape index (κ3) is 4.93. The van der Waals surface area contributed by atoms with Gasteiger partial charge in [0.1, 0.15) is 0 Å². The van der Waals surface area contributed by atoms with Crippen molar-refractivity contribution in [3.63, 3.8) is 0 Å². The summed E-state index contributed by atoms with van der Waals surface area (Å²) in [5.74, 6) is -0.0804. The first kappa shape index (κ1) is 22.3. The van der Waals surface area contributed by atoms with Crippen LogP contribution in [-0.4, -0.2) is 27.0 Å². The molecule has 0 fully saturated rings. The average Bonchev–Trinajstić information content (AvgIpc) is 3.25. The predicted octanol–water partition coefficient (Wildman–Crippen LogP) is 4.71. The van der Waals surface area contributed by atoms with Gasteiger partial charge in [-0.25, -0.2) is 4.98 Å². The Hall–Kier alpha value is -2.94. The van der Waals surface area contributed by atoms with Gasteiger partial charge in [0.05, 0.1) is 33.8 Å². The number of amides is 1. The molecule has 1 N–H and O–H groups in total. The number of hydrogen-bond donors (Lipinski definition) is 1. The SMILES string of the molecule is CC(=O)NCc1ccc(C(=O)CSc2nc3ccccc3c(=O)n2-c2cccc(Cl)c2)s1. The predicted molar refractivity (Wildman–Crippen MR) is 129 cm³/mol. The molecule has 6 nitrogen and oxygen atoms in total. The van der Waals surface area contributed by atoms with Gasteiger partial charge >= 0.3 is 0 Å². The fourth-order valence-electron chi connectivity index (χ4n) is 3.09. The molecule has 9 heteroatoms. The van der Waals surface area contributed by atoms with E-state index in [1.54, 1.807) is 48.5 Å². The molecular formula is C23H18ClN3O3S2. The van der Waals surface area contributed by atoms with Gasteiger partial charge in [0, 0.05) is 16.8 Å². The van der Waals surface area contributed by atoms with Gasteiger partial charge in [-0.1, -0.05) is 41.6 Å². The number of Topliss-reactive ketones (excluding diaryl/α,β-unsaturated/α-hetero) is 1. The Morgan fingerprint density at radius 1 is 1.12 bits per heavy atom. The Morgan fingerprint density at radius 3 is 2.72 bits per heavy atom. The molecule has 162 valence electrons. The number of thioether (sulfide) groups is 1. The Balaban J connectivity index is 1.64. The number of para-hydroxylation sites is 1. The van der Waals surface area contributed by atoms with Gasteiger partial charge in [0.15, 0.2) is 10.9 Å². The molecular weight excluding hydrogens is 466 g/mol. The summed E-state index contributed by atoms with van der Waals surface area (Å²) in [4.78, 5) is 43.3. The molecule has 2 aromatic heterocycles. The summed E-state index contributed by atoms with van der Waals surface area (Å²) < 4.78 is 1.49. The monoisotopic (exact) mass is 483 g/mol. The van der Waals surface area contributed by atoms with Crippen molar-refractivity contribution < 1.29 is 9.59 Å². The number of thiophene rings is 1. The number of carbonyl (C=O) groups is 2. The number of aromatic nitrogens is 2. The highest BCUT2D eigenvalue weighted by atomic mass is 35.5. The number of nitrogens with zero attached hydrogens (tertiary/aromatic N) is 2. The van der Waals surface area contributed by atoms with Crippen molar-refractivity contribution in [1.29, 1.82) is 0 Å². The van der Waals surface area contributed by atoms with Crippen molar-refractivity contribution in [2.24, 2.45) is 0 Å². The van der Waals surface area contributed by atoms with Gasteiger partial charge in [0.25, 0.3) is 5.56 Å². The van der Waals surface area contributed by atoms with Crippen LogP contribution in [0, 0.1) is 0 Å². The van der Waals surface area contributed by atoms with Gasteiger partial charge < -0.3 is 5.32 Å². The zero-order chi connectivity index (χ0) is 22.7. The van der Waals surface area contributed by atoms with Gasteiger partial charge in [-0.15, -0.1) is 11.3 Å². The van der Waals surface area contributed by atoms with E-state index < -0.39 is 0 Å². The molecule has 0 radical (unpaired) electrons. The van der Waals surface area contributed by atoms with E-state index in [-0.39, 0.29) is 23.0 Å². The maximum absolute atomic E-state index is 13.3. The smallest absolute Gasteiger partial charge is 0.266 e. The van der Waals surface area contributed by atoms with Gasteiger partial charge in [-0.3, -0.25) is 19.0 Å². The minimum Gasteiger partial charge on any atom is -0.351 e. The first-order valence-corrected chi connectivity index (χ1v) is 11.9. The second-order valence-electron chi connectivity index (χ2n) is 6.92. The van der Waals surface area contributed by atoms with Crippen LogP contribution < -0.4 is 10.9 Å². The van der Waals surface area contributed by atoms with Crippen LogP contribution in [0.2, 0.25) is 5.02 Å². The van der Waals surface area contributed by atoms with Crippen LogP contribution in [0.5, 0.6) is 0 Å². The quantitative estimate of drug-likeness (QED) is 0.234. The lowest BCUT2D eigenvalue weighted by atomic mass is 10.2. The molecule has 0 atom stereocenters. The summed E-state index contributed by atoms with van der Waals surface area (Å²) in [7, 11) is 0. The molecule has 0 bridgehead atoms. The Bertz CT molecular complexity index is 1380. The van der Waals surface area contributed by atoms with Crippen LogP contribution in [0.3, 0.4) is 0 Å². The maximum atomic E-state index is 13.3. The molecule has 0 aliphatic heterocycles. The standard InChI is InChI=1S/C23H18ClN3O3S2/c1-14(28)25-12-17-9-10-21(32-17)20(29)13-31-23-26-19-8-3-2-7-18(19)22(30)27(23)16-6-4-5-15(24)11-16/h2-11H,12-13H2,1H3,(H,25,28). The van der Waals surface area contributed by atoms with E-state index in [4.69, 9.17) is 11.6 Å². The van der Waals surface area contributed by atoms with Crippen LogP contribution in [0.1, 0.15) is 21.5 Å². The summed E-state index contributed by atoms with van der Waals surface area (Å²) in [5, 5.41) is 4.13. The largest absolute Gasteiger partial charge is 0.351 e. The van der Waals surface area contributed by atoms with Crippen molar-refractivity contribution in [2.45, 2.75) is 18.6 Å². The zero-order valence-electron chi connectivity index (χ0n) is 17.0. The molecule has 0 aliphatic carbocycles. The fraction of sp³-hybridized carbons (Fsp3) is 0.130. The summed E-state index contributed by atoms with van der Waals surface area (Å²) in [6.45, 7) is 1.84. The van der Waals surface area contributed by atoms with Crippen molar-refractivity contribution in [1.82, 2.24) is 14.9 Å². The maximum Gasteiger partial charge on any atom is 0.266 e. The highest BCUT2D eigenvalue weighted by Gasteiger charge is 2.16. The van der Waals surface area contributed by atoms with Crippen LogP contribution >= 0.6 is 34.7 Å². The average molecular weight is 484 g/mol. The van der Waals surface area contributed by atoms with Gasteiger partial charge in [0.2, 0.25) is 5.91 Å². The molecule has 4 rings (SSSR count). The molecule has 32 heavy (non-hydrogen) atoms. The minimum absolute atomic E-state index is 0.0749. The molecule has 0 unspecified atom stereocenters. The number of hydrogen-bond acceptors (Lipinski definition) is 6. The fourth-order valence-corrected chi connectivity index (χ4v) is 5.14. The lowest BCUT2D eigenvalue weighted by Gasteiger charge is -2.13. The first-order valence-electron chi connectivity index (χ1n) is 9.69. The third-order valence-corrected chi connectivity index (χ3v) is 6.89. The highest BCUT2D eigenvalue weighted by molar-refractivity contribution is 7.99. The number of carbonyl (C=O) groups excluding carboxylic acids is 2. The number of nitrogens with one attached hydrogen (secondary N) is 1. The molecule has 2 heterocycles. The summed E-state index contributed by atoms with van der Waals surface area (Å²) in [6.07, 6.45) is 0. The summed E-state index contributed by atoms with van der Waals surface area (Å²) >= 11 is 8.70. The van der Waals surface area contributed by atoms with Gasteiger partial charge in [-0.05, 0) is 42.5 Å². The van der Waals surface area contributed by atoms with Crippen molar-refractivity contribution in [3.05, 3.63) is 85.8 Å². The van der Waals surface area contributed by atoms with Crippen LogP contribution in [-0.2, 0) is 11.3 Å². The Labute approximate surface area is 197 Å². The number of halogens is 1. The van der Waals surface area contributed by atoms with Crippen LogP contribution in [0.4, 0.5) is 0 Å². The molecule has 0 saturated heterocycles. The third-order valence-electron chi connectivity index (χ3n) is 4.59. The van der Waals surface area contributed by atoms with E-state index in [0.717, 1.165) is 4.88 Å². The van der Waals surface area contributed by atoms with Crippen LogP contribution in [0.25, 0.3) is 16.6 Å². The molecule has 1 amide bonds. The number of fused-ring (bicyclic) bond motifs is 1. The van der Waals surface area contributed by atoms with Crippen LogP contribution in [0.15, 0.2) is 70.6 Å². The van der Waals surface area contributed by atoms with E-state index in [0.29, 0.717) is 38.2 Å². The summed E-state index contributed by atoms with van der Waals surface area (Å²) in [6, 6.07) is 17.7. The molecule has 0 aliphatic rings. The van der Waals surface area contributed by atoms with E-state index in [9.17, 15) is 14.4 Å². The summed E-state index contributed by atoms with van der Waals surface area (Å²) in [5.41, 5.74) is 0.936.